The normalized spacial score (nSPS) is 21.5. The van der Waals surface area contributed by atoms with Gasteiger partial charge in [-0.25, -0.2) is 0 Å². The Bertz CT molecular complexity index is 447. The number of carbonyl (C=O) groups excluding carboxylic acids is 1. The fraction of sp³-hybridized carbons (Fsp3) is 0.400. The number of benzene rings is 1. The lowest BCUT2D eigenvalue weighted by molar-refractivity contribution is -0.144. The van der Waals surface area contributed by atoms with Gasteiger partial charge in [-0.2, -0.15) is 0 Å². The van der Waals surface area contributed by atoms with E-state index in [-0.39, 0.29) is 11.5 Å². The molecule has 1 aromatic rings. The molecule has 0 fully saturated rings. The second-order valence-electron chi connectivity index (χ2n) is 4.59. The standard InChI is InChI=1S/C15H19NO2S/c1-2-18-14(17)10-15(8-9-19-12-15)16-11-13-6-4-3-5-7-13/h3-9,16H,2,10-12H2,1H3. The monoisotopic (exact) mass is 277 g/mol. The van der Waals surface area contributed by atoms with Crippen LogP contribution in [-0.2, 0) is 16.1 Å². The first-order chi connectivity index (χ1) is 9.24. The van der Waals surface area contributed by atoms with Gasteiger partial charge in [0.25, 0.3) is 0 Å². The predicted octanol–water partition coefficient (Wildman–Crippen LogP) is 2.73. The van der Waals surface area contributed by atoms with Gasteiger partial charge in [0.1, 0.15) is 0 Å². The SMILES string of the molecule is CCOC(=O)CC1(NCc2ccccc2)C=CSC1. The summed E-state index contributed by atoms with van der Waals surface area (Å²) in [6, 6.07) is 10.2. The summed E-state index contributed by atoms with van der Waals surface area (Å²) in [7, 11) is 0. The molecule has 0 amide bonds. The van der Waals surface area contributed by atoms with Crippen molar-refractivity contribution in [1.82, 2.24) is 5.32 Å². The summed E-state index contributed by atoms with van der Waals surface area (Å²) in [4.78, 5) is 11.7. The molecule has 1 aliphatic rings. The van der Waals surface area contributed by atoms with Crippen molar-refractivity contribution in [3.63, 3.8) is 0 Å². The lowest BCUT2D eigenvalue weighted by Crippen LogP contribution is -2.46. The number of esters is 1. The summed E-state index contributed by atoms with van der Waals surface area (Å²) in [6.45, 7) is 3.02. The zero-order valence-electron chi connectivity index (χ0n) is 11.1. The molecule has 2 rings (SSSR count). The van der Waals surface area contributed by atoms with Gasteiger partial charge in [-0.05, 0) is 17.9 Å². The van der Waals surface area contributed by atoms with Gasteiger partial charge in [0.2, 0.25) is 0 Å². The molecule has 0 saturated heterocycles. The second-order valence-corrected chi connectivity index (χ2v) is 5.49. The summed E-state index contributed by atoms with van der Waals surface area (Å²) in [5.74, 6) is 0.730. The first-order valence-corrected chi connectivity index (χ1v) is 7.53. The number of hydrogen-bond acceptors (Lipinski definition) is 4. The molecule has 0 spiro atoms. The van der Waals surface area contributed by atoms with Crippen molar-refractivity contribution >= 4 is 17.7 Å². The zero-order valence-corrected chi connectivity index (χ0v) is 11.9. The number of thioether (sulfide) groups is 1. The fourth-order valence-corrected chi connectivity index (χ4v) is 3.10. The van der Waals surface area contributed by atoms with Crippen molar-refractivity contribution in [2.24, 2.45) is 0 Å². The first-order valence-electron chi connectivity index (χ1n) is 6.48. The van der Waals surface area contributed by atoms with E-state index in [0.29, 0.717) is 13.0 Å². The van der Waals surface area contributed by atoms with E-state index >= 15 is 0 Å². The van der Waals surface area contributed by atoms with Crippen molar-refractivity contribution < 1.29 is 9.53 Å². The Kier molecular flexibility index (Phi) is 5.05. The molecule has 4 heteroatoms. The molecule has 1 atom stereocenters. The van der Waals surface area contributed by atoms with E-state index in [4.69, 9.17) is 4.74 Å². The fourth-order valence-electron chi connectivity index (χ4n) is 2.05. The van der Waals surface area contributed by atoms with E-state index in [1.165, 1.54) is 5.56 Å². The molecule has 1 unspecified atom stereocenters. The van der Waals surface area contributed by atoms with Gasteiger partial charge < -0.3 is 10.1 Å². The molecular weight excluding hydrogens is 258 g/mol. The maximum Gasteiger partial charge on any atom is 0.308 e. The highest BCUT2D eigenvalue weighted by Gasteiger charge is 2.33. The van der Waals surface area contributed by atoms with E-state index in [1.54, 1.807) is 11.8 Å². The minimum atomic E-state index is -0.271. The van der Waals surface area contributed by atoms with Gasteiger partial charge in [-0.3, -0.25) is 4.79 Å². The van der Waals surface area contributed by atoms with Crippen LogP contribution < -0.4 is 5.32 Å². The minimum absolute atomic E-state index is 0.143. The highest BCUT2D eigenvalue weighted by molar-refractivity contribution is 8.02. The van der Waals surface area contributed by atoms with Crippen LogP contribution in [0.3, 0.4) is 0 Å². The van der Waals surface area contributed by atoms with Gasteiger partial charge >= 0.3 is 5.97 Å². The Morgan fingerprint density at radius 3 is 2.84 bits per heavy atom. The van der Waals surface area contributed by atoms with Crippen molar-refractivity contribution in [3.8, 4) is 0 Å². The number of ether oxygens (including phenoxy) is 1. The Labute approximate surface area is 118 Å². The first kappa shape index (κ1) is 14.2. The molecule has 0 aromatic heterocycles. The highest BCUT2D eigenvalue weighted by Crippen LogP contribution is 2.28. The molecule has 19 heavy (non-hydrogen) atoms. The van der Waals surface area contributed by atoms with Crippen LogP contribution in [0.4, 0.5) is 0 Å². The molecule has 0 aliphatic carbocycles. The third-order valence-electron chi connectivity index (χ3n) is 3.08. The summed E-state index contributed by atoms with van der Waals surface area (Å²) in [5.41, 5.74) is 0.947. The number of nitrogens with one attached hydrogen (secondary N) is 1. The largest absolute Gasteiger partial charge is 0.466 e. The third-order valence-corrected chi connectivity index (χ3v) is 4.09. The van der Waals surface area contributed by atoms with Crippen LogP contribution in [0.1, 0.15) is 18.9 Å². The van der Waals surface area contributed by atoms with Crippen LogP contribution in [0.15, 0.2) is 41.8 Å². The molecule has 0 saturated carbocycles. The minimum Gasteiger partial charge on any atom is -0.466 e. The summed E-state index contributed by atoms with van der Waals surface area (Å²) in [6.07, 6.45) is 2.47. The van der Waals surface area contributed by atoms with E-state index < -0.39 is 0 Å². The van der Waals surface area contributed by atoms with Gasteiger partial charge in [0.05, 0.1) is 18.6 Å². The van der Waals surface area contributed by atoms with Crippen molar-refractivity contribution in [3.05, 3.63) is 47.4 Å². The average molecular weight is 277 g/mol. The van der Waals surface area contributed by atoms with Crippen LogP contribution in [-0.4, -0.2) is 23.9 Å². The van der Waals surface area contributed by atoms with Crippen LogP contribution in [0.5, 0.6) is 0 Å². The van der Waals surface area contributed by atoms with Crippen LogP contribution in [0.2, 0.25) is 0 Å². The van der Waals surface area contributed by atoms with Gasteiger partial charge in [-0.1, -0.05) is 36.4 Å². The molecule has 102 valence electrons. The second kappa shape index (κ2) is 6.78. The van der Waals surface area contributed by atoms with Crippen molar-refractivity contribution in [2.45, 2.75) is 25.4 Å². The molecular formula is C15H19NO2S. The molecule has 0 bridgehead atoms. The van der Waals surface area contributed by atoms with E-state index in [2.05, 4.69) is 28.9 Å². The zero-order chi connectivity index (χ0) is 13.6. The Balaban J connectivity index is 1.96. The van der Waals surface area contributed by atoms with Gasteiger partial charge in [-0.15, -0.1) is 11.8 Å². The van der Waals surface area contributed by atoms with Crippen LogP contribution >= 0.6 is 11.8 Å². The molecule has 1 N–H and O–H groups in total. The van der Waals surface area contributed by atoms with E-state index in [1.807, 2.05) is 25.1 Å². The highest BCUT2D eigenvalue weighted by atomic mass is 32.2. The quantitative estimate of drug-likeness (QED) is 0.811. The number of carbonyl (C=O) groups is 1. The van der Waals surface area contributed by atoms with Gasteiger partial charge in [0, 0.05) is 12.3 Å². The number of hydrogen-bond donors (Lipinski definition) is 1. The maximum atomic E-state index is 11.7. The Hall–Kier alpha value is -1.26. The lowest BCUT2D eigenvalue weighted by atomic mass is 9.97. The van der Waals surface area contributed by atoms with Crippen LogP contribution in [0, 0.1) is 0 Å². The van der Waals surface area contributed by atoms with Gasteiger partial charge in [0.15, 0.2) is 0 Å². The van der Waals surface area contributed by atoms with E-state index in [9.17, 15) is 4.79 Å². The Morgan fingerprint density at radius 2 is 2.21 bits per heavy atom. The third kappa shape index (κ3) is 4.11. The van der Waals surface area contributed by atoms with Crippen molar-refractivity contribution in [1.29, 1.82) is 0 Å². The average Bonchev–Trinajstić information content (AvgIpc) is 2.87. The summed E-state index contributed by atoms with van der Waals surface area (Å²) in [5, 5.41) is 5.55. The van der Waals surface area contributed by atoms with Crippen molar-refractivity contribution in [2.75, 3.05) is 12.4 Å². The topological polar surface area (TPSA) is 38.3 Å². The number of rotatable bonds is 6. The molecule has 1 aromatic carbocycles. The lowest BCUT2D eigenvalue weighted by Gasteiger charge is -2.27. The maximum absolute atomic E-state index is 11.7. The molecule has 0 radical (unpaired) electrons. The smallest absolute Gasteiger partial charge is 0.308 e. The Morgan fingerprint density at radius 1 is 1.42 bits per heavy atom. The van der Waals surface area contributed by atoms with E-state index in [0.717, 1.165) is 12.3 Å². The summed E-state index contributed by atoms with van der Waals surface area (Å²) >= 11 is 1.73. The van der Waals surface area contributed by atoms with Crippen LogP contribution in [0.25, 0.3) is 0 Å². The predicted molar refractivity (Wildman–Crippen MR) is 78.9 cm³/mol. The molecule has 1 heterocycles. The summed E-state index contributed by atoms with van der Waals surface area (Å²) < 4.78 is 5.06. The molecule has 1 aliphatic heterocycles. The molecule has 3 nitrogen and oxygen atoms in total.